The molecule has 1 aromatic carbocycles. The zero-order valence-electron chi connectivity index (χ0n) is 10.0. The summed E-state index contributed by atoms with van der Waals surface area (Å²) in [6.45, 7) is 2.61. The van der Waals surface area contributed by atoms with Crippen molar-refractivity contribution in [1.29, 1.82) is 0 Å². The number of aromatic nitrogens is 2. The van der Waals surface area contributed by atoms with E-state index in [1.165, 1.54) is 12.1 Å². The van der Waals surface area contributed by atoms with Gasteiger partial charge in [0.25, 0.3) is 6.43 Å². The molecule has 0 radical (unpaired) electrons. The van der Waals surface area contributed by atoms with E-state index in [1.807, 2.05) is 6.92 Å². The fourth-order valence-corrected chi connectivity index (χ4v) is 1.66. The van der Waals surface area contributed by atoms with Crippen molar-refractivity contribution in [1.82, 2.24) is 15.3 Å². The van der Waals surface area contributed by atoms with E-state index in [9.17, 15) is 8.78 Å². The molecule has 2 rings (SSSR count). The summed E-state index contributed by atoms with van der Waals surface area (Å²) in [5.74, 6) is 0.860. The summed E-state index contributed by atoms with van der Waals surface area (Å²) in [6.07, 6.45) is 1.06. The molecule has 2 aromatic rings. The predicted octanol–water partition coefficient (Wildman–Crippen LogP) is 3.20. The first-order valence-electron chi connectivity index (χ1n) is 5.76. The normalized spacial score (nSPS) is 12.9. The lowest BCUT2D eigenvalue weighted by atomic mass is 10.1. The number of nitrogens with zero attached hydrogens (tertiary/aromatic N) is 1. The van der Waals surface area contributed by atoms with Gasteiger partial charge in [-0.3, -0.25) is 0 Å². The van der Waals surface area contributed by atoms with Crippen molar-refractivity contribution in [3.63, 3.8) is 0 Å². The van der Waals surface area contributed by atoms with E-state index in [2.05, 4.69) is 15.3 Å². The van der Waals surface area contributed by atoms with Crippen LogP contribution in [0.25, 0.3) is 0 Å². The Hall–Kier alpha value is -1.75. The van der Waals surface area contributed by atoms with E-state index in [0.717, 1.165) is 11.4 Å². The van der Waals surface area contributed by atoms with Crippen molar-refractivity contribution in [2.24, 2.45) is 0 Å². The lowest BCUT2D eigenvalue weighted by Crippen LogP contribution is -2.19. The second-order valence-corrected chi connectivity index (χ2v) is 4.12. The molecule has 18 heavy (non-hydrogen) atoms. The smallest absolute Gasteiger partial charge is 0.263 e. The molecule has 5 heteroatoms. The van der Waals surface area contributed by atoms with Crippen LogP contribution in [-0.4, -0.2) is 9.97 Å². The molecule has 0 aliphatic carbocycles. The number of nitrogens with one attached hydrogen (secondary N) is 2. The number of rotatable bonds is 5. The predicted molar refractivity (Wildman–Crippen MR) is 65.2 cm³/mol. The highest BCUT2D eigenvalue weighted by atomic mass is 19.3. The van der Waals surface area contributed by atoms with Gasteiger partial charge in [0.05, 0.1) is 6.04 Å². The minimum atomic E-state index is -2.41. The summed E-state index contributed by atoms with van der Waals surface area (Å²) in [4.78, 5) is 7.17. The summed E-state index contributed by atoms with van der Waals surface area (Å²) < 4.78 is 24.7. The van der Waals surface area contributed by atoms with Crippen molar-refractivity contribution < 1.29 is 8.78 Å². The van der Waals surface area contributed by atoms with Crippen LogP contribution in [0, 0.1) is 0 Å². The largest absolute Gasteiger partial charge is 0.347 e. The number of hydrogen-bond acceptors (Lipinski definition) is 2. The minimum absolute atomic E-state index is 0.0535. The molecule has 1 aromatic heterocycles. The third-order valence-electron chi connectivity index (χ3n) is 2.77. The molecule has 3 nitrogen and oxygen atoms in total. The van der Waals surface area contributed by atoms with Gasteiger partial charge in [0, 0.05) is 24.5 Å². The quantitative estimate of drug-likeness (QED) is 0.856. The number of aromatic amines is 1. The van der Waals surface area contributed by atoms with Crippen LogP contribution in [0.4, 0.5) is 8.78 Å². The van der Waals surface area contributed by atoms with Crippen LogP contribution in [0.3, 0.4) is 0 Å². The molecule has 0 amide bonds. The van der Waals surface area contributed by atoms with E-state index in [0.29, 0.717) is 6.54 Å². The minimum Gasteiger partial charge on any atom is -0.347 e. The summed E-state index contributed by atoms with van der Waals surface area (Å²) >= 11 is 0. The third-order valence-corrected chi connectivity index (χ3v) is 2.77. The van der Waals surface area contributed by atoms with E-state index >= 15 is 0 Å². The average Bonchev–Trinajstić information content (AvgIpc) is 2.90. The van der Waals surface area contributed by atoms with Gasteiger partial charge in [-0.25, -0.2) is 13.8 Å². The van der Waals surface area contributed by atoms with Crippen LogP contribution in [0.2, 0.25) is 0 Å². The van der Waals surface area contributed by atoms with Crippen LogP contribution < -0.4 is 5.32 Å². The number of imidazole rings is 1. The molecule has 1 unspecified atom stereocenters. The van der Waals surface area contributed by atoms with Crippen molar-refractivity contribution in [2.45, 2.75) is 25.9 Å². The number of alkyl halides is 2. The van der Waals surface area contributed by atoms with Crippen LogP contribution >= 0.6 is 0 Å². The highest BCUT2D eigenvalue weighted by Gasteiger charge is 2.08. The van der Waals surface area contributed by atoms with Crippen LogP contribution in [0.15, 0.2) is 36.7 Å². The number of halogens is 2. The second-order valence-electron chi connectivity index (χ2n) is 4.12. The van der Waals surface area contributed by atoms with Crippen molar-refractivity contribution in [2.75, 3.05) is 0 Å². The fourth-order valence-electron chi connectivity index (χ4n) is 1.66. The molecular weight excluding hydrogens is 236 g/mol. The van der Waals surface area contributed by atoms with Gasteiger partial charge in [-0.05, 0) is 12.5 Å². The molecule has 0 bridgehead atoms. The Balaban J connectivity index is 1.90. The molecule has 0 aliphatic heterocycles. The van der Waals surface area contributed by atoms with Crippen molar-refractivity contribution >= 4 is 0 Å². The van der Waals surface area contributed by atoms with Crippen LogP contribution in [0.1, 0.15) is 36.3 Å². The Kier molecular flexibility index (Phi) is 4.04. The highest BCUT2D eigenvalue weighted by molar-refractivity contribution is 5.23. The Labute approximate surface area is 104 Å². The van der Waals surface area contributed by atoms with Gasteiger partial charge < -0.3 is 10.3 Å². The third kappa shape index (κ3) is 3.13. The summed E-state index contributed by atoms with van der Waals surface area (Å²) in [6, 6.07) is 6.43. The molecule has 0 spiro atoms. The molecular formula is C13H15F2N3. The summed E-state index contributed by atoms with van der Waals surface area (Å²) in [5, 5.41) is 3.27. The lowest BCUT2D eigenvalue weighted by Gasteiger charge is -2.11. The molecule has 0 aliphatic rings. The van der Waals surface area contributed by atoms with Gasteiger partial charge in [0.2, 0.25) is 0 Å². The summed E-state index contributed by atoms with van der Waals surface area (Å²) in [7, 11) is 0. The van der Waals surface area contributed by atoms with Gasteiger partial charge in [-0.15, -0.1) is 0 Å². The Bertz CT molecular complexity index is 465. The first kappa shape index (κ1) is 12.7. The Morgan fingerprint density at radius 1 is 1.28 bits per heavy atom. The zero-order chi connectivity index (χ0) is 13.0. The fraction of sp³-hybridized carbons (Fsp3) is 0.308. The molecule has 2 N–H and O–H groups in total. The van der Waals surface area contributed by atoms with Crippen LogP contribution in [-0.2, 0) is 6.54 Å². The van der Waals surface area contributed by atoms with Gasteiger partial charge >= 0.3 is 0 Å². The Morgan fingerprint density at radius 2 is 2.00 bits per heavy atom. The molecule has 96 valence electrons. The van der Waals surface area contributed by atoms with Crippen molar-refractivity contribution in [3.8, 4) is 0 Å². The average molecular weight is 251 g/mol. The van der Waals surface area contributed by atoms with Gasteiger partial charge in [-0.2, -0.15) is 0 Å². The first-order chi connectivity index (χ1) is 8.66. The van der Waals surface area contributed by atoms with Crippen LogP contribution in [0.5, 0.6) is 0 Å². The second kappa shape index (κ2) is 5.73. The lowest BCUT2D eigenvalue weighted by molar-refractivity contribution is 0.151. The maximum atomic E-state index is 12.4. The number of hydrogen-bond donors (Lipinski definition) is 2. The van der Waals surface area contributed by atoms with E-state index in [4.69, 9.17) is 0 Å². The number of benzene rings is 1. The van der Waals surface area contributed by atoms with Gasteiger partial charge in [0.15, 0.2) is 0 Å². The Morgan fingerprint density at radius 3 is 2.56 bits per heavy atom. The SMILES string of the molecule is CC(NCc1ccc(C(F)F)cc1)c1ncc[nH]1. The topological polar surface area (TPSA) is 40.7 Å². The molecule has 0 fully saturated rings. The zero-order valence-corrected chi connectivity index (χ0v) is 10.0. The maximum absolute atomic E-state index is 12.4. The summed E-state index contributed by atoms with van der Waals surface area (Å²) in [5.41, 5.74) is 1.02. The molecule has 1 heterocycles. The molecule has 1 atom stereocenters. The standard InChI is InChI=1S/C13H15F2N3/c1-9(13-16-6-7-17-13)18-8-10-2-4-11(5-3-10)12(14)15/h2-7,9,12,18H,8H2,1H3,(H,16,17). The van der Waals surface area contributed by atoms with E-state index in [1.54, 1.807) is 24.5 Å². The first-order valence-corrected chi connectivity index (χ1v) is 5.76. The van der Waals surface area contributed by atoms with Crippen molar-refractivity contribution in [3.05, 3.63) is 53.6 Å². The maximum Gasteiger partial charge on any atom is 0.263 e. The van der Waals surface area contributed by atoms with E-state index < -0.39 is 6.43 Å². The molecule has 0 saturated heterocycles. The highest BCUT2D eigenvalue weighted by Crippen LogP contribution is 2.18. The molecule has 0 saturated carbocycles. The van der Waals surface area contributed by atoms with Gasteiger partial charge in [-0.1, -0.05) is 24.3 Å². The van der Waals surface area contributed by atoms with E-state index in [-0.39, 0.29) is 11.6 Å². The van der Waals surface area contributed by atoms with Gasteiger partial charge in [0.1, 0.15) is 5.82 Å². The monoisotopic (exact) mass is 251 g/mol. The number of H-pyrrole nitrogens is 1.